The molecule has 1 amide bonds. The first kappa shape index (κ1) is 13.6. The molecule has 0 bridgehead atoms. The summed E-state index contributed by atoms with van der Waals surface area (Å²) < 4.78 is 24.0. The maximum Gasteiger partial charge on any atom is 0.238 e. The van der Waals surface area contributed by atoms with Crippen LogP contribution in [-0.4, -0.2) is 31.1 Å². The Labute approximate surface area is 101 Å². The van der Waals surface area contributed by atoms with Gasteiger partial charge in [-0.2, -0.15) is 0 Å². The zero-order valence-electron chi connectivity index (χ0n) is 9.88. The van der Waals surface area contributed by atoms with Gasteiger partial charge >= 0.3 is 0 Å². The number of aromatic nitrogens is 1. The number of carbonyl (C=O) groups excluding carboxylic acids is 1. The summed E-state index contributed by atoms with van der Waals surface area (Å²) in [6.45, 7) is 3.74. The van der Waals surface area contributed by atoms with Gasteiger partial charge in [0.25, 0.3) is 0 Å². The van der Waals surface area contributed by atoms with E-state index in [0.717, 1.165) is 6.42 Å². The van der Waals surface area contributed by atoms with Crippen LogP contribution in [0.25, 0.3) is 0 Å². The molecule has 1 aromatic heterocycles. The highest BCUT2D eigenvalue weighted by Crippen LogP contribution is 2.12. The van der Waals surface area contributed by atoms with E-state index in [1.807, 2.05) is 6.92 Å². The number of nitrogens with one attached hydrogen (secondary N) is 1. The van der Waals surface area contributed by atoms with Crippen molar-refractivity contribution < 1.29 is 13.2 Å². The van der Waals surface area contributed by atoms with Crippen LogP contribution in [0.15, 0.2) is 29.4 Å². The summed E-state index contributed by atoms with van der Waals surface area (Å²) >= 11 is 0. The van der Waals surface area contributed by atoms with Crippen molar-refractivity contribution in [3.63, 3.8) is 0 Å². The van der Waals surface area contributed by atoms with Gasteiger partial charge in [-0.05, 0) is 25.5 Å². The third-order valence-electron chi connectivity index (χ3n) is 2.31. The first-order valence-electron chi connectivity index (χ1n) is 5.42. The molecule has 1 rings (SSSR count). The van der Waals surface area contributed by atoms with Gasteiger partial charge in [0.2, 0.25) is 15.7 Å². The summed E-state index contributed by atoms with van der Waals surface area (Å²) in [5.41, 5.74) is 0. The average molecular weight is 256 g/mol. The largest absolute Gasteiger partial charge is 0.355 e. The molecule has 0 saturated carbocycles. The van der Waals surface area contributed by atoms with Gasteiger partial charge in [-0.25, -0.2) is 13.4 Å². The molecule has 1 aromatic rings. The molecule has 1 atom stereocenters. The Morgan fingerprint density at radius 3 is 2.71 bits per heavy atom. The summed E-state index contributed by atoms with van der Waals surface area (Å²) in [7, 11) is -3.69. The topological polar surface area (TPSA) is 76.1 Å². The molecule has 0 spiro atoms. The van der Waals surface area contributed by atoms with E-state index >= 15 is 0 Å². The minimum Gasteiger partial charge on any atom is -0.355 e. The highest BCUT2D eigenvalue weighted by atomic mass is 32.2. The van der Waals surface area contributed by atoms with E-state index in [9.17, 15) is 13.2 Å². The fourth-order valence-corrected chi connectivity index (χ4v) is 2.43. The zero-order valence-corrected chi connectivity index (χ0v) is 10.7. The molecule has 0 saturated heterocycles. The second kappa shape index (κ2) is 5.77. The SMILES string of the molecule is CCCNC(=O)[C@@H](C)S(=O)(=O)c1ccccn1. The Kier molecular flexibility index (Phi) is 4.62. The second-order valence-electron chi connectivity index (χ2n) is 3.65. The van der Waals surface area contributed by atoms with Crippen LogP contribution in [0.1, 0.15) is 20.3 Å². The minimum absolute atomic E-state index is 0.0702. The lowest BCUT2D eigenvalue weighted by atomic mass is 10.4. The van der Waals surface area contributed by atoms with Crippen molar-refractivity contribution in [1.29, 1.82) is 0 Å². The summed E-state index contributed by atoms with van der Waals surface area (Å²) in [6.07, 6.45) is 2.16. The van der Waals surface area contributed by atoms with E-state index in [2.05, 4.69) is 10.3 Å². The molecule has 0 fully saturated rings. The second-order valence-corrected chi connectivity index (χ2v) is 5.86. The van der Waals surface area contributed by atoms with Crippen LogP contribution in [0.5, 0.6) is 0 Å². The molecule has 0 aromatic carbocycles. The highest BCUT2D eigenvalue weighted by molar-refractivity contribution is 7.92. The molecule has 0 aliphatic rings. The van der Waals surface area contributed by atoms with E-state index in [4.69, 9.17) is 0 Å². The number of rotatable bonds is 5. The Bertz CT molecular complexity index is 471. The molecule has 0 unspecified atom stereocenters. The van der Waals surface area contributed by atoms with Crippen molar-refractivity contribution in [3.05, 3.63) is 24.4 Å². The standard InChI is InChI=1S/C11H16N2O3S/c1-3-7-13-11(14)9(2)17(15,16)10-6-4-5-8-12-10/h4-6,8-9H,3,7H2,1-2H3,(H,13,14)/t9-/m1/s1. The van der Waals surface area contributed by atoms with Crippen molar-refractivity contribution in [3.8, 4) is 0 Å². The summed E-state index contributed by atoms with van der Waals surface area (Å²) in [6, 6.07) is 4.59. The van der Waals surface area contributed by atoms with Crippen LogP contribution >= 0.6 is 0 Å². The molecule has 5 nitrogen and oxygen atoms in total. The lowest BCUT2D eigenvalue weighted by molar-refractivity contribution is -0.120. The third-order valence-corrected chi connectivity index (χ3v) is 4.28. The van der Waals surface area contributed by atoms with Crippen LogP contribution in [0.4, 0.5) is 0 Å². The third kappa shape index (κ3) is 3.26. The van der Waals surface area contributed by atoms with Gasteiger partial charge in [-0.1, -0.05) is 13.0 Å². The number of hydrogen-bond acceptors (Lipinski definition) is 4. The summed E-state index contributed by atoms with van der Waals surface area (Å²) in [5.74, 6) is -0.488. The molecule has 1 N–H and O–H groups in total. The van der Waals surface area contributed by atoms with E-state index in [-0.39, 0.29) is 5.03 Å². The minimum atomic E-state index is -3.69. The Morgan fingerprint density at radius 2 is 2.18 bits per heavy atom. The van der Waals surface area contributed by atoms with Gasteiger partial charge in [0.15, 0.2) is 5.03 Å². The Balaban J connectivity index is 2.88. The van der Waals surface area contributed by atoms with E-state index in [1.54, 1.807) is 12.1 Å². The number of sulfone groups is 1. The number of pyridine rings is 1. The summed E-state index contributed by atoms with van der Waals surface area (Å²) in [4.78, 5) is 15.4. The Hall–Kier alpha value is -1.43. The highest BCUT2D eigenvalue weighted by Gasteiger charge is 2.30. The first-order valence-corrected chi connectivity index (χ1v) is 6.97. The fraction of sp³-hybridized carbons (Fsp3) is 0.455. The van der Waals surface area contributed by atoms with Gasteiger partial charge in [-0.15, -0.1) is 0 Å². The molecule has 17 heavy (non-hydrogen) atoms. The molecule has 0 aliphatic heterocycles. The van der Waals surface area contributed by atoms with E-state index in [1.165, 1.54) is 19.2 Å². The van der Waals surface area contributed by atoms with E-state index < -0.39 is 21.0 Å². The van der Waals surface area contributed by atoms with Gasteiger partial charge in [-0.3, -0.25) is 4.79 Å². The van der Waals surface area contributed by atoms with Crippen molar-refractivity contribution in [2.45, 2.75) is 30.5 Å². The molecule has 0 aliphatic carbocycles. The van der Waals surface area contributed by atoms with Crippen LogP contribution in [0, 0.1) is 0 Å². The van der Waals surface area contributed by atoms with Crippen molar-refractivity contribution in [2.24, 2.45) is 0 Å². The van der Waals surface area contributed by atoms with Gasteiger partial charge in [0.05, 0.1) is 0 Å². The quantitative estimate of drug-likeness (QED) is 0.844. The van der Waals surface area contributed by atoms with Crippen LogP contribution in [0.2, 0.25) is 0 Å². The smallest absolute Gasteiger partial charge is 0.238 e. The molecule has 1 heterocycles. The number of carbonyl (C=O) groups is 1. The van der Waals surface area contributed by atoms with Crippen molar-refractivity contribution in [2.75, 3.05) is 6.54 Å². The molecule has 6 heteroatoms. The van der Waals surface area contributed by atoms with Crippen molar-refractivity contribution >= 4 is 15.7 Å². The number of nitrogens with zero attached hydrogens (tertiary/aromatic N) is 1. The average Bonchev–Trinajstić information content (AvgIpc) is 2.36. The van der Waals surface area contributed by atoms with Crippen molar-refractivity contribution in [1.82, 2.24) is 10.3 Å². The summed E-state index contributed by atoms with van der Waals surface area (Å²) in [5, 5.41) is 1.37. The number of amides is 1. The van der Waals surface area contributed by atoms with Crippen LogP contribution in [0.3, 0.4) is 0 Å². The molecule has 94 valence electrons. The maximum absolute atomic E-state index is 12.0. The molecule has 0 radical (unpaired) electrons. The zero-order chi connectivity index (χ0) is 12.9. The number of hydrogen-bond donors (Lipinski definition) is 1. The lowest BCUT2D eigenvalue weighted by Gasteiger charge is -2.12. The first-order chi connectivity index (χ1) is 8.00. The predicted octanol–water partition coefficient (Wildman–Crippen LogP) is 0.770. The van der Waals surface area contributed by atoms with Gasteiger partial charge in [0, 0.05) is 12.7 Å². The fourth-order valence-electron chi connectivity index (χ4n) is 1.23. The normalized spacial score (nSPS) is 13.1. The predicted molar refractivity (Wildman–Crippen MR) is 64.2 cm³/mol. The monoisotopic (exact) mass is 256 g/mol. The Morgan fingerprint density at radius 1 is 1.47 bits per heavy atom. The lowest BCUT2D eigenvalue weighted by Crippen LogP contribution is -2.38. The van der Waals surface area contributed by atoms with Crippen LogP contribution in [-0.2, 0) is 14.6 Å². The van der Waals surface area contributed by atoms with Gasteiger partial charge < -0.3 is 5.32 Å². The molecular formula is C11H16N2O3S. The van der Waals surface area contributed by atoms with Gasteiger partial charge in [0.1, 0.15) is 5.25 Å². The molecular weight excluding hydrogens is 240 g/mol. The van der Waals surface area contributed by atoms with E-state index in [0.29, 0.717) is 6.54 Å². The maximum atomic E-state index is 12.0. The van der Waals surface area contributed by atoms with Crippen LogP contribution < -0.4 is 5.32 Å².